The smallest absolute Gasteiger partial charge is 0.262 e. The van der Waals surface area contributed by atoms with Crippen molar-refractivity contribution in [3.63, 3.8) is 0 Å². The Morgan fingerprint density at radius 2 is 2.11 bits per heavy atom. The molecule has 2 atom stereocenters. The van der Waals surface area contributed by atoms with Gasteiger partial charge in [0.1, 0.15) is 11.8 Å². The zero-order valence-corrected chi connectivity index (χ0v) is 13.6. The van der Waals surface area contributed by atoms with Crippen molar-refractivity contribution >= 4 is 50.5 Å². The molecule has 1 rings (SSSR count). The van der Waals surface area contributed by atoms with Crippen LogP contribution in [0, 0.1) is 0 Å². The van der Waals surface area contributed by atoms with Gasteiger partial charge in [0.2, 0.25) is 12.1 Å². The molecule has 19 heavy (non-hydrogen) atoms. The van der Waals surface area contributed by atoms with Crippen LogP contribution in [-0.4, -0.2) is 41.8 Å². The number of hydrogen-bond donors (Lipinski definition) is 2. The second-order valence-corrected chi connectivity index (χ2v) is 9.29. The first-order valence-corrected chi connectivity index (χ1v) is 9.01. The van der Waals surface area contributed by atoms with E-state index in [4.69, 9.17) is 34.8 Å². The lowest BCUT2D eigenvalue weighted by molar-refractivity contribution is -0.719. The van der Waals surface area contributed by atoms with Crippen LogP contribution >= 0.6 is 34.8 Å². The van der Waals surface area contributed by atoms with Crippen molar-refractivity contribution in [3.8, 4) is 0 Å². The number of rotatable bonds is 5. The largest absolute Gasteiger partial charge is 0.320 e. The minimum absolute atomic E-state index is 0.0495. The second kappa shape index (κ2) is 6.80. The van der Waals surface area contributed by atoms with Crippen molar-refractivity contribution in [1.82, 2.24) is 5.32 Å². The molecule has 0 aromatic carbocycles. The van der Waals surface area contributed by atoms with Crippen molar-refractivity contribution in [2.45, 2.75) is 42.2 Å². The molecular formula is C10H18Cl3N2O3S+. The van der Waals surface area contributed by atoms with Crippen LogP contribution < -0.4 is 10.6 Å². The van der Waals surface area contributed by atoms with Crippen LogP contribution in [0.1, 0.15) is 26.2 Å². The number of carbonyl (C=O) groups excluding carboxylic acids is 1. The third-order valence-electron chi connectivity index (χ3n) is 2.88. The molecule has 1 amide bonds. The fraction of sp³-hybridized carbons (Fsp3) is 0.900. The van der Waals surface area contributed by atoms with Gasteiger partial charge in [-0.05, 0) is 6.42 Å². The van der Waals surface area contributed by atoms with E-state index < -0.39 is 19.8 Å². The molecule has 0 aliphatic carbocycles. The molecule has 5 nitrogen and oxygen atoms in total. The summed E-state index contributed by atoms with van der Waals surface area (Å²) in [4.78, 5) is 11.6. The third kappa shape index (κ3) is 6.04. The third-order valence-corrected chi connectivity index (χ3v) is 5.38. The molecule has 0 saturated carbocycles. The Bertz CT molecular complexity index is 422. The van der Waals surface area contributed by atoms with E-state index in [-0.39, 0.29) is 23.5 Å². The lowest BCUT2D eigenvalue weighted by Gasteiger charge is -2.25. The molecule has 0 aromatic rings. The molecule has 9 heteroatoms. The first kappa shape index (κ1) is 17.3. The highest BCUT2D eigenvalue weighted by Gasteiger charge is 2.41. The lowest BCUT2D eigenvalue weighted by atomic mass is 10.2. The quantitative estimate of drug-likeness (QED) is 0.553. The topological polar surface area (TPSA) is 79.8 Å². The summed E-state index contributed by atoms with van der Waals surface area (Å²) in [7, 11) is -3.00. The highest BCUT2D eigenvalue weighted by molar-refractivity contribution is 7.91. The van der Waals surface area contributed by atoms with Crippen LogP contribution in [0.5, 0.6) is 0 Å². The van der Waals surface area contributed by atoms with Gasteiger partial charge in [0.15, 0.2) is 9.84 Å². The van der Waals surface area contributed by atoms with Crippen molar-refractivity contribution in [1.29, 1.82) is 0 Å². The molecule has 1 aliphatic rings. The Hall–Kier alpha value is 0.250. The summed E-state index contributed by atoms with van der Waals surface area (Å²) < 4.78 is 21.1. The van der Waals surface area contributed by atoms with Crippen molar-refractivity contribution in [3.05, 3.63) is 0 Å². The van der Waals surface area contributed by atoms with E-state index in [1.165, 1.54) is 0 Å². The summed E-state index contributed by atoms with van der Waals surface area (Å²) in [6, 6.07) is -0.187. The van der Waals surface area contributed by atoms with Crippen molar-refractivity contribution in [2.75, 3.05) is 11.5 Å². The van der Waals surface area contributed by atoms with Gasteiger partial charge >= 0.3 is 0 Å². The minimum atomic E-state index is -3.00. The fourth-order valence-corrected chi connectivity index (χ4v) is 4.10. The highest BCUT2D eigenvalue weighted by Crippen LogP contribution is 2.27. The van der Waals surface area contributed by atoms with E-state index in [0.29, 0.717) is 19.3 Å². The molecule has 3 N–H and O–H groups in total. The number of hydrogen-bond acceptors (Lipinski definition) is 3. The molecule has 1 aliphatic heterocycles. The number of quaternary nitrogens is 1. The molecule has 1 heterocycles. The molecule has 0 unspecified atom stereocenters. The molecule has 1 fully saturated rings. The maximum atomic E-state index is 11.6. The number of nitrogens with two attached hydrogens (primary N) is 1. The van der Waals surface area contributed by atoms with Gasteiger partial charge in [0.05, 0.1) is 5.75 Å². The van der Waals surface area contributed by atoms with Gasteiger partial charge in [0.25, 0.3) is 3.79 Å². The summed E-state index contributed by atoms with van der Waals surface area (Å²) in [6.45, 7) is 1.87. The predicted octanol–water partition coefficient (Wildman–Crippen LogP) is 0.350. The monoisotopic (exact) mass is 351 g/mol. The van der Waals surface area contributed by atoms with Crippen LogP contribution in [0.2, 0.25) is 0 Å². The van der Waals surface area contributed by atoms with Gasteiger partial charge in [-0.2, -0.15) is 0 Å². The van der Waals surface area contributed by atoms with E-state index >= 15 is 0 Å². The first-order valence-electron chi connectivity index (χ1n) is 6.05. The Morgan fingerprint density at radius 3 is 2.53 bits per heavy atom. The van der Waals surface area contributed by atoms with E-state index in [0.717, 1.165) is 0 Å². The van der Waals surface area contributed by atoms with Crippen LogP contribution in [0.25, 0.3) is 0 Å². The van der Waals surface area contributed by atoms with E-state index in [1.807, 2.05) is 6.92 Å². The summed E-state index contributed by atoms with van der Waals surface area (Å²) in [5.41, 5.74) is 0. The van der Waals surface area contributed by atoms with Gasteiger partial charge < -0.3 is 10.6 Å². The van der Waals surface area contributed by atoms with Gasteiger partial charge in [-0.3, -0.25) is 4.79 Å². The van der Waals surface area contributed by atoms with Crippen molar-refractivity contribution in [2.24, 2.45) is 0 Å². The summed E-state index contributed by atoms with van der Waals surface area (Å²) in [5.74, 6) is -0.0201. The van der Waals surface area contributed by atoms with Crippen LogP contribution in [0.4, 0.5) is 0 Å². The first-order chi connectivity index (χ1) is 8.64. The zero-order valence-electron chi connectivity index (χ0n) is 10.5. The van der Waals surface area contributed by atoms with Gasteiger partial charge in [-0.1, -0.05) is 41.7 Å². The SMILES string of the molecule is CCCC(=O)N[C@@H]([NH2+][C@H]1CCS(=O)(=O)C1)C(Cl)(Cl)Cl. The Balaban J connectivity index is 2.63. The summed E-state index contributed by atoms with van der Waals surface area (Å²) in [6.07, 6.45) is 0.753. The Labute approximate surface area is 128 Å². The predicted molar refractivity (Wildman–Crippen MR) is 76.1 cm³/mol. The number of nitrogens with one attached hydrogen (secondary N) is 1. The maximum Gasteiger partial charge on any atom is 0.262 e. The summed E-state index contributed by atoms with van der Waals surface area (Å²) in [5, 5.41) is 4.26. The molecular weight excluding hydrogens is 335 g/mol. The molecule has 0 radical (unpaired) electrons. The maximum absolute atomic E-state index is 11.6. The molecule has 1 saturated heterocycles. The number of amides is 1. The van der Waals surface area contributed by atoms with E-state index in [1.54, 1.807) is 5.32 Å². The zero-order chi connectivity index (χ0) is 14.7. The molecule has 0 bridgehead atoms. The van der Waals surface area contributed by atoms with Gasteiger partial charge in [-0.25, -0.2) is 8.42 Å². The average molecular weight is 353 g/mol. The molecule has 112 valence electrons. The number of halogens is 3. The van der Waals surface area contributed by atoms with E-state index in [2.05, 4.69) is 5.32 Å². The minimum Gasteiger partial charge on any atom is -0.320 e. The average Bonchev–Trinajstić information content (AvgIpc) is 2.56. The fourth-order valence-electron chi connectivity index (χ4n) is 1.96. The lowest BCUT2D eigenvalue weighted by Crippen LogP contribution is -3.00. The summed E-state index contributed by atoms with van der Waals surface area (Å²) >= 11 is 17.5. The van der Waals surface area contributed by atoms with E-state index in [9.17, 15) is 13.2 Å². The Kier molecular flexibility index (Phi) is 6.20. The second-order valence-electron chi connectivity index (χ2n) is 4.69. The van der Waals surface area contributed by atoms with Crippen LogP contribution in [0.3, 0.4) is 0 Å². The molecule has 0 aromatic heterocycles. The van der Waals surface area contributed by atoms with Crippen LogP contribution in [-0.2, 0) is 14.6 Å². The number of alkyl halides is 3. The van der Waals surface area contributed by atoms with Crippen molar-refractivity contribution < 1.29 is 18.5 Å². The normalized spacial score (nSPS) is 24.1. The Morgan fingerprint density at radius 1 is 1.47 bits per heavy atom. The van der Waals surface area contributed by atoms with Gasteiger partial charge in [-0.15, -0.1) is 0 Å². The standard InChI is InChI=1S/C10H17Cl3N2O3S/c1-2-3-8(16)15-9(10(11,12)13)14-7-4-5-19(17,18)6-7/h7,9,14H,2-6H2,1H3,(H,15,16)/p+1/t7-,9+/m0/s1. The number of carbonyl (C=O) groups is 1. The number of sulfone groups is 1. The highest BCUT2D eigenvalue weighted by atomic mass is 35.6. The van der Waals surface area contributed by atoms with Gasteiger partial charge in [0, 0.05) is 12.8 Å². The molecule has 0 spiro atoms. The van der Waals surface area contributed by atoms with Crippen LogP contribution in [0.15, 0.2) is 0 Å².